The Morgan fingerprint density at radius 3 is 2.39 bits per heavy atom. The summed E-state index contributed by atoms with van der Waals surface area (Å²) in [6, 6.07) is 4.71. The van der Waals surface area contributed by atoms with E-state index in [-0.39, 0.29) is 0 Å². The predicted molar refractivity (Wildman–Crippen MR) is 77.3 cm³/mol. The number of nitrogens with one attached hydrogen (secondary N) is 1. The molecule has 1 aromatic carbocycles. The molecular weight excluding hydrogens is 224 g/mol. The molecule has 3 N–H and O–H groups in total. The van der Waals surface area contributed by atoms with Gasteiger partial charge in [0.1, 0.15) is 5.75 Å². The van der Waals surface area contributed by atoms with Gasteiger partial charge in [-0.3, -0.25) is 0 Å². The van der Waals surface area contributed by atoms with Gasteiger partial charge in [-0.1, -0.05) is 19.9 Å². The Morgan fingerprint density at radius 1 is 1.28 bits per heavy atom. The van der Waals surface area contributed by atoms with Crippen molar-refractivity contribution in [2.45, 2.75) is 39.2 Å². The molecule has 3 nitrogen and oxygen atoms in total. The third-order valence-electron chi connectivity index (χ3n) is 3.42. The Hall–Kier alpha value is -1.06. The average Bonchev–Trinajstić information content (AvgIpc) is 2.35. The molecule has 0 saturated heterocycles. The highest BCUT2D eigenvalue weighted by atomic mass is 16.5. The molecule has 0 aromatic heterocycles. The molecule has 0 amide bonds. The van der Waals surface area contributed by atoms with Crippen molar-refractivity contribution in [1.29, 1.82) is 0 Å². The zero-order valence-corrected chi connectivity index (χ0v) is 12.2. The summed E-state index contributed by atoms with van der Waals surface area (Å²) < 4.78 is 5.47. The smallest absolute Gasteiger partial charge is 0.122 e. The van der Waals surface area contributed by atoms with E-state index in [1.54, 1.807) is 7.11 Å². The van der Waals surface area contributed by atoms with Crippen molar-refractivity contribution in [3.8, 4) is 5.75 Å². The van der Waals surface area contributed by atoms with Crippen molar-refractivity contribution < 1.29 is 4.74 Å². The van der Waals surface area contributed by atoms with Gasteiger partial charge in [0.25, 0.3) is 0 Å². The Bertz CT molecular complexity index is 388. The Kier molecular flexibility index (Phi) is 5.63. The second kappa shape index (κ2) is 6.76. The fourth-order valence-electron chi connectivity index (χ4n) is 2.34. The van der Waals surface area contributed by atoms with Crippen LogP contribution >= 0.6 is 0 Å². The quantitative estimate of drug-likeness (QED) is 0.816. The van der Waals surface area contributed by atoms with Crippen molar-refractivity contribution in [3.63, 3.8) is 0 Å². The van der Waals surface area contributed by atoms with Crippen LogP contribution in [0.15, 0.2) is 12.1 Å². The van der Waals surface area contributed by atoms with Gasteiger partial charge in [-0.25, -0.2) is 0 Å². The van der Waals surface area contributed by atoms with Crippen LogP contribution in [0.4, 0.5) is 0 Å². The summed E-state index contributed by atoms with van der Waals surface area (Å²) in [5, 5.41) is 3.34. The van der Waals surface area contributed by atoms with Gasteiger partial charge in [-0.05, 0) is 55.6 Å². The van der Waals surface area contributed by atoms with Crippen LogP contribution in [0.3, 0.4) is 0 Å². The van der Waals surface area contributed by atoms with Gasteiger partial charge in [0.2, 0.25) is 0 Å². The minimum absolute atomic E-state index is 0.318. The topological polar surface area (TPSA) is 47.3 Å². The van der Waals surface area contributed by atoms with E-state index < -0.39 is 0 Å². The van der Waals surface area contributed by atoms with Gasteiger partial charge < -0.3 is 15.8 Å². The lowest BCUT2D eigenvalue weighted by Gasteiger charge is -2.22. The fourth-order valence-corrected chi connectivity index (χ4v) is 2.34. The number of ether oxygens (including phenoxy) is 1. The standard InChI is InChI=1S/C15H26N2O/c1-10(2)12-9-13(14(17-4)6-7-16)11(3)8-15(12)18-5/h8-10,14,17H,6-7,16H2,1-5H3. The summed E-state index contributed by atoms with van der Waals surface area (Å²) in [5.41, 5.74) is 9.52. The molecule has 0 heterocycles. The second-order valence-electron chi connectivity index (χ2n) is 5.02. The number of rotatable bonds is 6. The van der Waals surface area contributed by atoms with Crippen LogP contribution in [0.1, 0.15) is 48.9 Å². The number of aryl methyl sites for hydroxylation is 1. The van der Waals surface area contributed by atoms with Crippen LogP contribution in [0, 0.1) is 6.92 Å². The van der Waals surface area contributed by atoms with Crippen molar-refractivity contribution in [3.05, 3.63) is 28.8 Å². The van der Waals surface area contributed by atoms with Crippen LogP contribution in [0.2, 0.25) is 0 Å². The van der Waals surface area contributed by atoms with Crippen LogP contribution < -0.4 is 15.8 Å². The zero-order valence-electron chi connectivity index (χ0n) is 12.2. The van der Waals surface area contributed by atoms with Gasteiger partial charge in [0.15, 0.2) is 0 Å². The van der Waals surface area contributed by atoms with Gasteiger partial charge in [0.05, 0.1) is 7.11 Å². The molecule has 0 spiro atoms. The predicted octanol–water partition coefficient (Wildman–Crippen LogP) is 2.74. The highest BCUT2D eigenvalue weighted by molar-refractivity contribution is 5.45. The van der Waals surface area contributed by atoms with E-state index in [4.69, 9.17) is 10.5 Å². The van der Waals surface area contributed by atoms with E-state index in [2.05, 4.69) is 38.2 Å². The number of benzene rings is 1. The molecule has 3 heteroatoms. The van der Waals surface area contributed by atoms with Gasteiger partial charge in [-0.2, -0.15) is 0 Å². The Morgan fingerprint density at radius 2 is 1.94 bits per heavy atom. The monoisotopic (exact) mass is 250 g/mol. The lowest BCUT2D eigenvalue weighted by molar-refractivity contribution is 0.406. The maximum Gasteiger partial charge on any atom is 0.122 e. The molecule has 1 rings (SSSR count). The van der Waals surface area contributed by atoms with Gasteiger partial charge in [-0.15, -0.1) is 0 Å². The summed E-state index contributed by atoms with van der Waals surface area (Å²) in [6.45, 7) is 7.19. The van der Waals surface area contributed by atoms with E-state index in [1.807, 2.05) is 7.05 Å². The minimum atomic E-state index is 0.318. The molecule has 1 aromatic rings. The first-order valence-corrected chi connectivity index (χ1v) is 6.60. The average molecular weight is 250 g/mol. The summed E-state index contributed by atoms with van der Waals surface area (Å²) in [6.07, 6.45) is 0.946. The number of hydrogen-bond donors (Lipinski definition) is 2. The Labute approximate surface area is 111 Å². The number of hydrogen-bond acceptors (Lipinski definition) is 3. The van der Waals surface area contributed by atoms with E-state index in [9.17, 15) is 0 Å². The van der Waals surface area contributed by atoms with Crippen LogP contribution in [-0.4, -0.2) is 20.7 Å². The van der Waals surface area contributed by atoms with E-state index in [0.29, 0.717) is 18.5 Å². The fraction of sp³-hybridized carbons (Fsp3) is 0.600. The normalized spacial score (nSPS) is 12.8. The van der Waals surface area contributed by atoms with Crippen LogP contribution in [0.5, 0.6) is 5.75 Å². The molecule has 0 bridgehead atoms. The first kappa shape index (κ1) is 15.0. The van der Waals surface area contributed by atoms with Crippen molar-refractivity contribution in [1.82, 2.24) is 5.32 Å². The van der Waals surface area contributed by atoms with Crippen molar-refractivity contribution >= 4 is 0 Å². The molecule has 0 fully saturated rings. The maximum atomic E-state index is 5.68. The lowest BCUT2D eigenvalue weighted by atomic mass is 9.92. The summed E-state index contributed by atoms with van der Waals surface area (Å²) in [5.74, 6) is 1.43. The third kappa shape index (κ3) is 3.24. The maximum absolute atomic E-state index is 5.68. The van der Waals surface area contributed by atoms with Gasteiger partial charge in [0, 0.05) is 6.04 Å². The Balaban J connectivity index is 3.23. The molecule has 0 saturated carbocycles. The minimum Gasteiger partial charge on any atom is -0.496 e. The van der Waals surface area contributed by atoms with Gasteiger partial charge >= 0.3 is 0 Å². The molecule has 0 aliphatic heterocycles. The second-order valence-corrected chi connectivity index (χ2v) is 5.02. The molecule has 0 radical (unpaired) electrons. The van der Waals surface area contributed by atoms with Crippen molar-refractivity contribution in [2.75, 3.05) is 20.7 Å². The molecule has 0 aliphatic rings. The molecule has 1 unspecified atom stereocenters. The van der Waals surface area contributed by atoms with E-state index in [1.165, 1.54) is 16.7 Å². The summed E-state index contributed by atoms with van der Waals surface area (Å²) in [4.78, 5) is 0. The summed E-state index contributed by atoms with van der Waals surface area (Å²) >= 11 is 0. The van der Waals surface area contributed by atoms with Crippen molar-refractivity contribution in [2.24, 2.45) is 5.73 Å². The molecule has 102 valence electrons. The zero-order chi connectivity index (χ0) is 13.7. The van der Waals surface area contributed by atoms with E-state index >= 15 is 0 Å². The third-order valence-corrected chi connectivity index (χ3v) is 3.42. The summed E-state index contributed by atoms with van der Waals surface area (Å²) in [7, 11) is 3.72. The lowest BCUT2D eigenvalue weighted by Crippen LogP contribution is -2.21. The first-order valence-electron chi connectivity index (χ1n) is 6.60. The van der Waals surface area contributed by atoms with Crippen LogP contribution in [0.25, 0.3) is 0 Å². The largest absolute Gasteiger partial charge is 0.496 e. The molecule has 0 aliphatic carbocycles. The molecular formula is C15H26N2O. The number of methoxy groups -OCH3 is 1. The molecule has 1 atom stereocenters. The SMILES string of the molecule is CNC(CCN)c1cc(C(C)C)c(OC)cc1C. The van der Waals surface area contributed by atoms with E-state index in [0.717, 1.165) is 12.2 Å². The van der Waals surface area contributed by atoms with Crippen LogP contribution in [-0.2, 0) is 0 Å². The highest BCUT2D eigenvalue weighted by Gasteiger charge is 2.16. The molecule has 18 heavy (non-hydrogen) atoms. The highest BCUT2D eigenvalue weighted by Crippen LogP contribution is 2.32. The first-order chi connectivity index (χ1) is 8.54. The number of nitrogens with two attached hydrogens (primary N) is 1.